The van der Waals surface area contributed by atoms with E-state index in [9.17, 15) is 13.6 Å². The lowest BCUT2D eigenvalue weighted by Crippen LogP contribution is -2.02. The van der Waals surface area contributed by atoms with Crippen molar-refractivity contribution in [1.82, 2.24) is 4.98 Å². The number of pyridine rings is 1. The Labute approximate surface area is 96.0 Å². The van der Waals surface area contributed by atoms with Crippen LogP contribution < -0.4 is 0 Å². The first-order valence-corrected chi connectivity index (χ1v) is 5.49. The van der Waals surface area contributed by atoms with E-state index >= 15 is 0 Å². The maximum absolute atomic E-state index is 12.6. The quantitative estimate of drug-likeness (QED) is 0.628. The number of aldehydes is 1. The van der Waals surface area contributed by atoms with Gasteiger partial charge in [-0.2, -0.15) is 0 Å². The van der Waals surface area contributed by atoms with E-state index in [1.807, 2.05) is 0 Å². The van der Waals surface area contributed by atoms with Crippen molar-refractivity contribution in [3.05, 3.63) is 27.5 Å². The van der Waals surface area contributed by atoms with E-state index in [1.165, 1.54) is 6.20 Å². The van der Waals surface area contributed by atoms with Crippen LogP contribution in [0, 0.1) is 0 Å². The molecular formula is C8H5Br2F2NO. The highest BCUT2D eigenvalue weighted by Gasteiger charge is 2.20. The first-order chi connectivity index (χ1) is 6.61. The number of carbonyl (C=O) groups excluding carboxylic acids is 1. The fraction of sp³-hybridized carbons (Fsp3) is 0.250. The van der Waals surface area contributed by atoms with Gasteiger partial charge in [0, 0.05) is 21.6 Å². The predicted octanol–water partition coefficient (Wildman–Crippen LogP) is 3.49. The number of alkyl halides is 3. The highest BCUT2D eigenvalue weighted by atomic mass is 79.9. The number of nitrogens with zero attached hydrogens (tertiary/aromatic N) is 1. The van der Waals surface area contributed by atoms with E-state index in [0.29, 0.717) is 6.29 Å². The molecule has 6 heteroatoms. The smallest absolute Gasteiger partial charge is 0.266 e. The fourth-order valence-corrected chi connectivity index (χ4v) is 1.88. The fourth-order valence-electron chi connectivity index (χ4n) is 1.03. The van der Waals surface area contributed by atoms with Gasteiger partial charge in [-0.1, -0.05) is 15.9 Å². The summed E-state index contributed by atoms with van der Waals surface area (Å²) in [5.74, 6) is 0. The molecule has 0 saturated carbocycles. The van der Waals surface area contributed by atoms with Gasteiger partial charge in [0.25, 0.3) is 6.43 Å². The Morgan fingerprint density at radius 1 is 1.57 bits per heavy atom. The van der Waals surface area contributed by atoms with Crippen LogP contribution >= 0.6 is 31.9 Å². The van der Waals surface area contributed by atoms with Crippen LogP contribution in [-0.2, 0) is 5.33 Å². The van der Waals surface area contributed by atoms with E-state index in [2.05, 4.69) is 36.8 Å². The second-order valence-electron chi connectivity index (χ2n) is 2.43. The van der Waals surface area contributed by atoms with Gasteiger partial charge in [0.1, 0.15) is 0 Å². The molecule has 0 aliphatic heterocycles. The van der Waals surface area contributed by atoms with E-state index in [-0.39, 0.29) is 26.6 Å². The molecule has 0 atom stereocenters. The Bertz CT molecular complexity index is 357. The predicted molar refractivity (Wildman–Crippen MR) is 54.9 cm³/mol. The van der Waals surface area contributed by atoms with Crippen LogP contribution in [-0.4, -0.2) is 11.3 Å². The van der Waals surface area contributed by atoms with Crippen molar-refractivity contribution in [2.75, 3.05) is 0 Å². The van der Waals surface area contributed by atoms with Crippen molar-refractivity contribution in [2.45, 2.75) is 11.8 Å². The Morgan fingerprint density at radius 3 is 2.64 bits per heavy atom. The maximum atomic E-state index is 12.6. The molecule has 14 heavy (non-hydrogen) atoms. The minimum Gasteiger partial charge on any atom is -0.298 e. The van der Waals surface area contributed by atoms with Crippen LogP contribution in [0.3, 0.4) is 0 Å². The Kier molecular flexibility index (Phi) is 4.12. The molecule has 0 fully saturated rings. The van der Waals surface area contributed by atoms with Gasteiger partial charge in [-0.3, -0.25) is 9.78 Å². The van der Waals surface area contributed by atoms with Crippen molar-refractivity contribution in [2.24, 2.45) is 0 Å². The van der Waals surface area contributed by atoms with Crippen LogP contribution in [0.5, 0.6) is 0 Å². The third-order valence-corrected chi connectivity index (χ3v) is 2.82. The molecule has 0 radical (unpaired) electrons. The Morgan fingerprint density at radius 2 is 2.21 bits per heavy atom. The molecule has 1 rings (SSSR count). The summed E-state index contributed by atoms with van der Waals surface area (Å²) in [6.45, 7) is 0. The summed E-state index contributed by atoms with van der Waals surface area (Å²) in [6.07, 6.45) is -0.959. The lowest BCUT2D eigenvalue weighted by molar-refractivity contribution is 0.110. The van der Waals surface area contributed by atoms with E-state index in [1.54, 1.807) is 0 Å². The molecule has 0 amide bonds. The van der Waals surface area contributed by atoms with Gasteiger partial charge in [-0.05, 0) is 15.9 Å². The summed E-state index contributed by atoms with van der Waals surface area (Å²) in [4.78, 5) is 14.4. The summed E-state index contributed by atoms with van der Waals surface area (Å²) >= 11 is 6.03. The lowest BCUT2D eigenvalue weighted by atomic mass is 10.1. The summed E-state index contributed by atoms with van der Waals surface area (Å²) in [5, 5.41) is 0.195. The second-order valence-corrected chi connectivity index (χ2v) is 3.85. The van der Waals surface area contributed by atoms with E-state index in [4.69, 9.17) is 0 Å². The number of hydrogen-bond acceptors (Lipinski definition) is 2. The van der Waals surface area contributed by atoms with Crippen molar-refractivity contribution < 1.29 is 13.6 Å². The van der Waals surface area contributed by atoms with Crippen molar-refractivity contribution in [1.29, 1.82) is 0 Å². The summed E-state index contributed by atoms with van der Waals surface area (Å²) in [6, 6.07) is 0. The van der Waals surface area contributed by atoms with Gasteiger partial charge in [-0.25, -0.2) is 8.78 Å². The molecule has 1 heterocycles. The monoisotopic (exact) mass is 327 g/mol. The molecule has 0 saturated heterocycles. The third-order valence-electron chi connectivity index (χ3n) is 1.65. The van der Waals surface area contributed by atoms with E-state index in [0.717, 1.165) is 0 Å². The molecule has 0 spiro atoms. The molecule has 1 aromatic rings. The summed E-state index contributed by atoms with van der Waals surface area (Å²) in [7, 11) is 0. The van der Waals surface area contributed by atoms with Gasteiger partial charge in [0.05, 0.1) is 11.3 Å². The summed E-state index contributed by atoms with van der Waals surface area (Å²) in [5.41, 5.74) is -0.166. The van der Waals surface area contributed by atoms with Crippen molar-refractivity contribution in [3.63, 3.8) is 0 Å². The SMILES string of the molecule is O=Cc1c(Br)cnc(CBr)c1C(F)F. The number of rotatable bonds is 3. The van der Waals surface area contributed by atoms with Gasteiger partial charge in [0.15, 0.2) is 6.29 Å². The van der Waals surface area contributed by atoms with Gasteiger partial charge in [-0.15, -0.1) is 0 Å². The molecule has 1 aromatic heterocycles. The summed E-state index contributed by atoms with van der Waals surface area (Å²) < 4.78 is 25.5. The number of hydrogen-bond donors (Lipinski definition) is 0. The van der Waals surface area contributed by atoms with Crippen molar-refractivity contribution in [3.8, 4) is 0 Å². The molecule has 0 aromatic carbocycles. The third kappa shape index (κ3) is 2.17. The van der Waals surface area contributed by atoms with E-state index < -0.39 is 6.43 Å². The molecule has 0 aliphatic rings. The highest BCUT2D eigenvalue weighted by molar-refractivity contribution is 9.10. The standard InChI is InChI=1S/C8H5Br2F2NO/c9-1-6-7(8(11)12)4(3-14)5(10)2-13-6/h2-3,8H,1H2. The minimum absolute atomic E-state index is 0.0375. The minimum atomic E-state index is -2.70. The van der Waals surface area contributed by atoms with Gasteiger partial charge in [0.2, 0.25) is 0 Å². The van der Waals surface area contributed by atoms with Crippen LogP contribution in [0.1, 0.15) is 28.0 Å². The molecular weight excluding hydrogens is 324 g/mol. The highest BCUT2D eigenvalue weighted by Crippen LogP contribution is 2.30. The maximum Gasteiger partial charge on any atom is 0.266 e. The zero-order valence-corrected chi connectivity index (χ0v) is 9.98. The second kappa shape index (κ2) is 4.93. The topological polar surface area (TPSA) is 30.0 Å². The van der Waals surface area contributed by atoms with Crippen LogP contribution in [0.2, 0.25) is 0 Å². The normalized spacial score (nSPS) is 10.6. The van der Waals surface area contributed by atoms with Crippen LogP contribution in [0.4, 0.5) is 8.78 Å². The molecule has 2 nitrogen and oxygen atoms in total. The zero-order valence-electron chi connectivity index (χ0n) is 6.81. The zero-order chi connectivity index (χ0) is 10.7. The van der Waals surface area contributed by atoms with Crippen molar-refractivity contribution >= 4 is 38.1 Å². The molecule has 76 valence electrons. The average Bonchev–Trinajstić information content (AvgIpc) is 2.17. The van der Waals surface area contributed by atoms with Gasteiger partial charge < -0.3 is 0 Å². The first kappa shape index (κ1) is 11.7. The molecule has 0 aliphatic carbocycles. The first-order valence-electron chi connectivity index (χ1n) is 3.58. The number of aromatic nitrogens is 1. The number of carbonyl (C=O) groups is 1. The van der Waals surface area contributed by atoms with Crippen LogP contribution in [0.15, 0.2) is 10.7 Å². The Balaban J connectivity index is 3.43. The van der Waals surface area contributed by atoms with Crippen LogP contribution in [0.25, 0.3) is 0 Å². The largest absolute Gasteiger partial charge is 0.298 e. The van der Waals surface area contributed by atoms with Gasteiger partial charge >= 0.3 is 0 Å². The Hall–Kier alpha value is -0.360. The molecule has 0 unspecified atom stereocenters. The average molecular weight is 329 g/mol. The molecule has 0 bridgehead atoms. The number of halogens is 4. The lowest BCUT2D eigenvalue weighted by Gasteiger charge is -2.09. The molecule has 0 N–H and O–H groups in total.